The van der Waals surface area contributed by atoms with Crippen LogP contribution in [0.15, 0.2) is 54.6 Å². The van der Waals surface area contributed by atoms with Crippen LogP contribution in [0.5, 0.6) is 5.75 Å². The SMILES string of the molecule is CCCCN(CCOc1ccc(C)cc1)Cc1ccccc1. The van der Waals surface area contributed by atoms with Crippen molar-refractivity contribution in [2.24, 2.45) is 0 Å². The van der Waals surface area contributed by atoms with Gasteiger partial charge in [0.05, 0.1) is 0 Å². The molecule has 2 aromatic carbocycles. The van der Waals surface area contributed by atoms with E-state index in [0.717, 1.165) is 32.0 Å². The number of hydrogen-bond donors (Lipinski definition) is 0. The van der Waals surface area contributed by atoms with Crippen molar-refractivity contribution < 1.29 is 4.74 Å². The van der Waals surface area contributed by atoms with E-state index in [1.807, 2.05) is 12.1 Å². The molecule has 0 saturated heterocycles. The Morgan fingerprint density at radius 3 is 2.32 bits per heavy atom. The van der Waals surface area contributed by atoms with E-state index in [9.17, 15) is 0 Å². The maximum atomic E-state index is 5.87. The minimum absolute atomic E-state index is 0.736. The molecule has 22 heavy (non-hydrogen) atoms. The first-order chi connectivity index (χ1) is 10.8. The van der Waals surface area contributed by atoms with Gasteiger partial charge in [-0.1, -0.05) is 61.4 Å². The highest BCUT2D eigenvalue weighted by Gasteiger charge is 2.06. The van der Waals surface area contributed by atoms with Crippen molar-refractivity contribution in [3.05, 3.63) is 65.7 Å². The lowest BCUT2D eigenvalue weighted by molar-refractivity contribution is 0.200. The van der Waals surface area contributed by atoms with Crippen molar-refractivity contribution in [1.29, 1.82) is 0 Å². The molecule has 0 aliphatic carbocycles. The minimum atomic E-state index is 0.736. The van der Waals surface area contributed by atoms with Crippen LogP contribution in [0.3, 0.4) is 0 Å². The van der Waals surface area contributed by atoms with Crippen molar-refractivity contribution >= 4 is 0 Å². The Kier molecular flexibility index (Phi) is 6.98. The summed E-state index contributed by atoms with van der Waals surface area (Å²) in [5, 5.41) is 0. The highest BCUT2D eigenvalue weighted by molar-refractivity contribution is 5.26. The smallest absolute Gasteiger partial charge is 0.119 e. The Labute approximate surface area is 134 Å². The summed E-state index contributed by atoms with van der Waals surface area (Å²) in [6.07, 6.45) is 2.46. The molecule has 0 aliphatic rings. The van der Waals surface area contributed by atoms with Gasteiger partial charge in [0.25, 0.3) is 0 Å². The van der Waals surface area contributed by atoms with E-state index in [1.165, 1.54) is 24.0 Å². The van der Waals surface area contributed by atoms with Gasteiger partial charge in [0.1, 0.15) is 12.4 Å². The first kappa shape index (κ1) is 16.6. The number of aryl methyl sites for hydroxylation is 1. The first-order valence-electron chi connectivity index (χ1n) is 8.23. The largest absolute Gasteiger partial charge is 0.492 e. The molecule has 0 radical (unpaired) electrons. The monoisotopic (exact) mass is 297 g/mol. The molecule has 0 saturated carbocycles. The van der Waals surface area contributed by atoms with E-state index < -0.39 is 0 Å². The number of nitrogens with zero attached hydrogens (tertiary/aromatic N) is 1. The van der Waals surface area contributed by atoms with Crippen LogP contribution in [0.25, 0.3) is 0 Å². The highest BCUT2D eigenvalue weighted by atomic mass is 16.5. The van der Waals surface area contributed by atoms with Crippen LogP contribution in [0, 0.1) is 6.92 Å². The predicted octanol–water partition coefficient (Wildman–Crippen LogP) is 4.68. The van der Waals surface area contributed by atoms with Gasteiger partial charge in [-0.2, -0.15) is 0 Å². The van der Waals surface area contributed by atoms with Gasteiger partial charge < -0.3 is 4.74 Å². The lowest BCUT2D eigenvalue weighted by atomic mass is 10.2. The van der Waals surface area contributed by atoms with E-state index in [1.54, 1.807) is 0 Å². The summed E-state index contributed by atoms with van der Waals surface area (Å²) in [4.78, 5) is 2.48. The molecule has 0 atom stereocenters. The Morgan fingerprint density at radius 2 is 1.64 bits per heavy atom. The number of benzene rings is 2. The fraction of sp³-hybridized carbons (Fsp3) is 0.400. The van der Waals surface area contributed by atoms with Crippen LogP contribution in [0.1, 0.15) is 30.9 Å². The summed E-state index contributed by atoms with van der Waals surface area (Å²) in [5.41, 5.74) is 2.63. The van der Waals surface area contributed by atoms with Crippen LogP contribution >= 0.6 is 0 Å². The summed E-state index contributed by atoms with van der Waals surface area (Å²) >= 11 is 0. The van der Waals surface area contributed by atoms with Gasteiger partial charge in [-0.15, -0.1) is 0 Å². The Morgan fingerprint density at radius 1 is 0.909 bits per heavy atom. The molecule has 2 aromatic rings. The second-order valence-electron chi connectivity index (χ2n) is 5.78. The zero-order valence-corrected chi connectivity index (χ0v) is 13.8. The van der Waals surface area contributed by atoms with Gasteiger partial charge in [0.2, 0.25) is 0 Å². The van der Waals surface area contributed by atoms with Crippen LogP contribution in [0.4, 0.5) is 0 Å². The normalized spacial score (nSPS) is 10.9. The molecule has 0 unspecified atom stereocenters. The summed E-state index contributed by atoms with van der Waals surface area (Å²) < 4.78 is 5.87. The van der Waals surface area contributed by atoms with Crippen molar-refractivity contribution in [3.63, 3.8) is 0 Å². The Bertz CT molecular complexity index is 521. The highest BCUT2D eigenvalue weighted by Crippen LogP contribution is 2.12. The van der Waals surface area contributed by atoms with Gasteiger partial charge in [-0.3, -0.25) is 4.90 Å². The summed E-state index contributed by atoms with van der Waals surface area (Å²) in [6.45, 7) is 8.16. The molecule has 118 valence electrons. The van der Waals surface area contributed by atoms with Crippen LogP contribution in [-0.4, -0.2) is 24.6 Å². The molecule has 0 amide bonds. The maximum absolute atomic E-state index is 5.87. The molecule has 0 N–H and O–H groups in total. The van der Waals surface area contributed by atoms with Gasteiger partial charge in [0.15, 0.2) is 0 Å². The van der Waals surface area contributed by atoms with E-state index in [2.05, 4.69) is 61.2 Å². The van der Waals surface area contributed by atoms with Crippen molar-refractivity contribution in [1.82, 2.24) is 4.90 Å². The van der Waals surface area contributed by atoms with E-state index in [4.69, 9.17) is 4.74 Å². The number of rotatable bonds is 9. The molecular weight excluding hydrogens is 270 g/mol. The molecule has 0 bridgehead atoms. The second-order valence-corrected chi connectivity index (χ2v) is 5.78. The zero-order chi connectivity index (χ0) is 15.6. The topological polar surface area (TPSA) is 12.5 Å². The van der Waals surface area contributed by atoms with E-state index in [-0.39, 0.29) is 0 Å². The quantitative estimate of drug-likeness (QED) is 0.666. The van der Waals surface area contributed by atoms with Gasteiger partial charge >= 0.3 is 0 Å². The van der Waals surface area contributed by atoms with Crippen LogP contribution < -0.4 is 4.74 Å². The summed E-state index contributed by atoms with van der Waals surface area (Å²) in [5.74, 6) is 0.959. The van der Waals surface area contributed by atoms with Crippen molar-refractivity contribution in [2.75, 3.05) is 19.7 Å². The third-order valence-corrected chi connectivity index (χ3v) is 3.77. The van der Waals surface area contributed by atoms with E-state index >= 15 is 0 Å². The van der Waals surface area contributed by atoms with Crippen molar-refractivity contribution in [2.45, 2.75) is 33.2 Å². The zero-order valence-electron chi connectivity index (χ0n) is 13.8. The summed E-state index contributed by atoms with van der Waals surface area (Å²) in [6, 6.07) is 18.9. The second kappa shape index (κ2) is 9.26. The third kappa shape index (κ3) is 5.90. The molecule has 2 nitrogen and oxygen atoms in total. The van der Waals surface area contributed by atoms with E-state index in [0.29, 0.717) is 0 Å². The standard InChI is InChI=1S/C20H27NO/c1-3-4-14-21(17-19-8-6-5-7-9-19)15-16-22-20-12-10-18(2)11-13-20/h5-13H,3-4,14-17H2,1-2H3. The lowest BCUT2D eigenvalue weighted by Crippen LogP contribution is -2.29. The molecule has 0 aromatic heterocycles. The number of hydrogen-bond acceptors (Lipinski definition) is 2. The Balaban J connectivity index is 1.82. The van der Waals surface area contributed by atoms with Gasteiger partial charge in [0, 0.05) is 13.1 Å². The van der Waals surface area contributed by atoms with Crippen molar-refractivity contribution in [3.8, 4) is 5.75 Å². The fourth-order valence-corrected chi connectivity index (χ4v) is 2.42. The molecule has 2 heteroatoms. The first-order valence-corrected chi connectivity index (χ1v) is 8.23. The van der Waals surface area contributed by atoms with Gasteiger partial charge in [-0.05, 0) is 37.6 Å². The average Bonchev–Trinajstić information content (AvgIpc) is 2.55. The van der Waals surface area contributed by atoms with Crippen LogP contribution in [0.2, 0.25) is 0 Å². The fourth-order valence-electron chi connectivity index (χ4n) is 2.42. The maximum Gasteiger partial charge on any atom is 0.119 e. The molecule has 0 spiro atoms. The summed E-state index contributed by atoms with van der Waals surface area (Å²) in [7, 11) is 0. The van der Waals surface area contributed by atoms with Crippen LogP contribution in [-0.2, 0) is 6.54 Å². The lowest BCUT2D eigenvalue weighted by Gasteiger charge is -2.22. The Hall–Kier alpha value is -1.80. The predicted molar refractivity (Wildman–Crippen MR) is 93.3 cm³/mol. The molecular formula is C20H27NO. The molecule has 0 fully saturated rings. The number of ether oxygens (including phenoxy) is 1. The van der Waals surface area contributed by atoms with Gasteiger partial charge in [-0.25, -0.2) is 0 Å². The molecule has 2 rings (SSSR count). The molecule has 0 heterocycles. The molecule has 0 aliphatic heterocycles. The number of unbranched alkanes of at least 4 members (excludes halogenated alkanes) is 1. The minimum Gasteiger partial charge on any atom is -0.492 e. The third-order valence-electron chi connectivity index (χ3n) is 3.77. The average molecular weight is 297 g/mol.